The summed E-state index contributed by atoms with van der Waals surface area (Å²) in [5.41, 5.74) is 5.23. The van der Waals surface area contributed by atoms with E-state index in [0.29, 0.717) is 13.1 Å². The molecule has 0 aromatic heterocycles. The lowest BCUT2D eigenvalue weighted by molar-refractivity contribution is -0.123. The van der Waals surface area contributed by atoms with Crippen LogP contribution in [0.25, 0.3) is 0 Å². The number of hydrogen-bond acceptors (Lipinski definition) is 3. The molecule has 5 nitrogen and oxygen atoms in total. The molecule has 4 N–H and O–H groups in total. The van der Waals surface area contributed by atoms with Crippen molar-refractivity contribution >= 4 is 11.8 Å². The molecule has 1 aromatic carbocycles. The van der Waals surface area contributed by atoms with Crippen LogP contribution >= 0.6 is 0 Å². The highest BCUT2D eigenvalue weighted by molar-refractivity contribution is 5.97. The molecule has 1 rings (SSSR count). The molecule has 0 saturated heterocycles. The third-order valence-corrected chi connectivity index (χ3v) is 2.80. The van der Waals surface area contributed by atoms with Crippen LogP contribution < -0.4 is 16.4 Å². The summed E-state index contributed by atoms with van der Waals surface area (Å²) >= 11 is 0. The SMILES string of the molecule is CC(C)C(NC(=O)c1ccccc1F)C(=O)NCCN. The van der Waals surface area contributed by atoms with Crippen LogP contribution in [-0.4, -0.2) is 30.9 Å². The first-order valence-corrected chi connectivity index (χ1v) is 6.50. The van der Waals surface area contributed by atoms with Gasteiger partial charge in [-0.3, -0.25) is 9.59 Å². The van der Waals surface area contributed by atoms with Gasteiger partial charge in [-0.15, -0.1) is 0 Å². The van der Waals surface area contributed by atoms with E-state index in [1.807, 2.05) is 0 Å². The zero-order valence-electron chi connectivity index (χ0n) is 11.7. The zero-order chi connectivity index (χ0) is 15.1. The first kappa shape index (κ1) is 16.1. The van der Waals surface area contributed by atoms with Crippen LogP contribution in [0.2, 0.25) is 0 Å². The molecule has 0 aliphatic carbocycles. The van der Waals surface area contributed by atoms with Gasteiger partial charge in [-0.2, -0.15) is 0 Å². The standard InChI is InChI=1S/C14H20FN3O2/c1-9(2)12(14(20)17-8-7-16)18-13(19)10-5-3-4-6-11(10)15/h3-6,9,12H,7-8,16H2,1-2H3,(H,17,20)(H,18,19). The molecule has 20 heavy (non-hydrogen) atoms. The molecule has 0 spiro atoms. The number of nitrogens with one attached hydrogen (secondary N) is 2. The van der Waals surface area contributed by atoms with E-state index < -0.39 is 17.8 Å². The Morgan fingerprint density at radius 1 is 1.30 bits per heavy atom. The van der Waals surface area contributed by atoms with E-state index in [9.17, 15) is 14.0 Å². The van der Waals surface area contributed by atoms with Gasteiger partial charge in [0.05, 0.1) is 5.56 Å². The third-order valence-electron chi connectivity index (χ3n) is 2.80. The van der Waals surface area contributed by atoms with Crippen molar-refractivity contribution < 1.29 is 14.0 Å². The average molecular weight is 281 g/mol. The lowest BCUT2D eigenvalue weighted by atomic mass is 10.0. The van der Waals surface area contributed by atoms with Crippen molar-refractivity contribution in [3.63, 3.8) is 0 Å². The summed E-state index contributed by atoms with van der Waals surface area (Å²) in [4.78, 5) is 23.9. The molecule has 1 unspecified atom stereocenters. The molecule has 0 radical (unpaired) electrons. The molecule has 1 atom stereocenters. The largest absolute Gasteiger partial charge is 0.353 e. The maximum atomic E-state index is 13.5. The molecule has 0 bridgehead atoms. The van der Waals surface area contributed by atoms with Gasteiger partial charge in [-0.25, -0.2) is 4.39 Å². The number of nitrogens with two attached hydrogens (primary N) is 1. The highest BCUT2D eigenvalue weighted by Crippen LogP contribution is 2.08. The highest BCUT2D eigenvalue weighted by Gasteiger charge is 2.25. The molecule has 0 aliphatic heterocycles. The summed E-state index contributed by atoms with van der Waals surface area (Å²) in [6.07, 6.45) is 0. The average Bonchev–Trinajstić information content (AvgIpc) is 2.42. The predicted molar refractivity (Wildman–Crippen MR) is 74.6 cm³/mol. The van der Waals surface area contributed by atoms with Gasteiger partial charge < -0.3 is 16.4 Å². The van der Waals surface area contributed by atoms with Crippen molar-refractivity contribution in [3.05, 3.63) is 35.6 Å². The zero-order valence-corrected chi connectivity index (χ0v) is 11.7. The number of benzene rings is 1. The molecule has 0 aliphatic rings. The van der Waals surface area contributed by atoms with E-state index in [-0.39, 0.29) is 17.4 Å². The maximum absolute atomic E-state index is 13.5. The number of carbonyl (C=O) groups excluding carboxylic acids is 2. The van der Waals surface area contributed by atoms with Gasteiger partial charge in [0, 0.05) is 13.1 Å². The summed E-state index contributed by atoms with van der Waals surface area (Å²) in [5, 5.41) is 5.16. The van der Waals surface area contributed by atoms with Crippen LogP contribution in [-0.2, 0) is 4.79 Å². The van der Waals surface area contributed by atoms with Crippen LogP contribution in [0.3, 0.4) is 0 Å². The third kappa shape index (κ3) is 4.31. The Kier molecular flexibility index (Phi) is 6.11. The fourth-order valence-corrected chi connectivity index (χ4v) is 1.70. The first-order chi connectivity index (χ1) is 9.47. The second kappa shape index (κ2) is 7.59. The number of rotatable bonds is 6. The minimum Gasteiger partial charge on any atom is -0.353 e. The van der Waals surface area contributed by atoms with Crippen molar-refractivity contribution in [1.29, 1.82) is 0 Å². The van der Waals surface area contributed by atoms with E-state index >= 15 is 0 Å². The maximum Gasteiger partial charge on any atom is 0.254 e. The van der Waals surface area contributed by atoms with Crippen LogP contribution in [0, 0.1) is 11.7 Å². The summed E-state index contributed by atoms with van der Waals surface area (Å²) in [6.45, 7) is 4.25. The quantitative estimate of drug-likeness (QED) is 0.716. The van der Waals surface area contributed by atoms with Crippen molar-refractivity contribution in [2.45, 2.75) is 19.9 Å². The van der Waals surface area contributed by atoms with E-state index in [4.69, 9.17) is 5.73 Å². The highest BCUT2D eigenvalue weighted by atomic mass is 19.1. The van der Waals surface area contributed by atoms with Crippen LogP contribution in [0.1, 0.15) is 24.2 Å². The molecule has 0 fully saturated rings. The molecule has 1 aromatic rings. The Morgan fingerprint density at radius 3 is 2.50 bits per heavy atom. The van der Waals surface area contributed by atoms with Gasteiger partial charge in [0.25, 0.3) is 5.91 Å². The first-order valence-electron chi connectivity index (χ1n) is 6.50. The van der Waals surface area contributed by atoms with E-state index in [1.54, 1.807) is 19.9 Å². The Bertz CT molecular complexity index is 477. The summed E-state index contributed by atoms with van der Waals surface area (Å²) in [6, 6.07) is 4.92. The second-order valence-corrected chi connectivity index (χ2v) is 4.75. The van der Waals surface area contributed by atoms with Gasteiger partial charge in [0.2, 0.25) is 5.91 Å². The minimum absolute atomic E-state index is 0.0789. The van der Waals surface area contributed by atoms with E-state index in [2.05, 4.69) is 10.6 Å². The van der Waals surface area contributed by atoms with E-state index in [1.165, 1.54) is 18.2 Å². The van der Waals surface area contributed by atoms with Crippen LogP contribution in [0.4, 0.5) is 4.39 Å². The van der Waals surface area contributed by atoms with Gasteiger partial charge >= 0.3 is 0 Å². The van der Waals surface area contributed by atoms with Gasteiger partial charge in [-0.1, -0.05) is 26.0 Å². The summed E-state index contributed by atoms with van der Waals surface area (Å²) < 4.78 is 13.5. The molecular formula is C14H20FN3O2. The topological polar surface area (TPSA) is 84.2 Å². The minimum atomic E-state index is -0.728. The lowest BCUT2D eigenvalue weighted by Crippen LogP contribution is -2.50. The fraction of sp³-hybridized carbons (Fsp3) is 0.429. The molecule has 2 amide bonds. The Hall–Kier alpha value is -1.95. The number of hydrogen-bond donors (Lipinski definition) is 3. The molecule has 110 valence electrons. The molecule has 6 heteroatoms. The predicted octanol–water partition coefficient (Wildman–Crippen LogP) is 0.655. The van der Waals surface area contributed by atoms with E-state index in [0.717, 1.165) is 0 Å². The fourth-order valence-electron chi connectivity index (χ4n) is 1.70. The Morgan fingerprint density at radius 2 is 1.95 bits per heavy atom. The molecule has 0 saturated carbocycles. The second-order valence-electron chi connectivity index (χ2n) is 4.75. The van der Waals surface area contributed by atoms with Crippen molar-refractivity contribution in [3.8, 4) is 0 Å². The molecular weight excluding hydrogens is 261 g/mol. The van der Waals surface area contributed by atoms with Crippen molar-refractivity contribution in [2.75, 3.05) is 13.1 Å². The number of halogens is 1. The van der Waals surface area contributed by atoms with Crippen molar-refractivity contribution in [1.82, 2.24) is 10.6 Å². The smallest absolute Gasteiger partial charge is 0.254 e. The van der Waals surface area contributed by atoms with Crippen molar-refractivity contribution in [2.24, 2.45) is 11.7 Å². The molecule has 0 heterocycles. The van der Waals surface area contributed by atoms with Gasteiger partial charge in [0.15, 0.2) is 0 Å². The Labute approximate surface area is 117 Å². The normalized spacial score (nSPS) is 12.1. The van der Waals surface area contributed by atoms with Gasteiger partial charge in [-0.05, 0) is 18.1 Å². The monoisotopic (exact) mass is 281 g/mol. The Balaban J connectivity index is 2.78. The van der Waals surface area contributed by atoms with Crippen LogP contribution in [0.15, 0.2) is 24.3 Å². The summed E-state index contributed by atoms with van der Waals surface area (Å²) in [7, 11) is 0. The number of amides is 2. The number of carbonyl (C=O) groups is 2. The summed E-state index contributed by atoms with van der Waals surface area (Å²) in [5.74, 6) is -1.67. The van der Waals surface area contributed by atoms with Crippen LogP contribution in [0.5, 0.6) is 0 Å². The lowest BCUT2D eigenvalue weighted by Gasteiger charge is -2.21. The van der Waals surface area contributed by atoms with Gasteiger partial charge in [0.1, 0.15) is 11.9 Å².